The molecule has 3 heteroatoms. The van der Waals surface area contributed by atoms with Gasteiger partial charge in [-0.05, 0) is 55.3 Å². The van der Waals surface area contributed by atoms with Gasteiger partial charge in [-0.3, -0.25) is 9.59 Å². The van der Waals surface area contributed by atoms with Crippen molar-refractivity contribution in [3.8, 4) is 0 Å². The molecular weight excluding hydrogens is 276 g/mol. The fourth-order valence-electron chi connectivity index (χ4n) is 6.27. The lowest BCUT2D eigenvalue weighted by Crippen LogP contribution is -2.50. The van der Waals surface area contributed by atoms with Crippen molar-refractivity contribution in [3.63, 3.8) is 0 Å². The van der Waals surface area contributed by atoms with E-state index in [1.54, 1.807) is 0 Å². The van der Waals surface area contributed by atoms with Crippen LogP contribution in [-0.4, -0.2) is 22.8 Å². The Morgan fingerprint density at radius 3 is 2.68 bits per heavy atom. The number of allylic oxidation sites excluding steroid dienone is 2. The van der Waals surface area contributed by atoms with Crippen LogP contribution in [0, 0.1) is 28.6 Å². The molecule has 4 aliphatic carbocycles. The molecule has 4 rings (SSSR count). The van der Waals surface area contributed by atoms with Crippen LogP contribution >= 0.6 is 0 Å². The Labute approximate surface area is 132 Å². The van der Waals surface area contributed by atoms with E-state index in [1.165, 1.54) is 5.57 Å². The van der Waals surface area contributed by atoms with Crippen molar-refractivity contribution in [2.24, 2.45) is 28.6 Å². The van der Waals surface area contributed by atoms with Gasteiger partial charge in [0.25, 0.3) is 0 Å². The number of aliphatic hydroxyl groups excluding tert-OH is 1. The zero-order chi connectivity index (χ0) is 15.7. The molecule has 3 nitrogen and oxygen atoms in total. The predicted octanol–water partition coefficient (Wildman–Crippen LogP) is 3.06. The maximum Gasteiger partial charge on any atom is 0.167 e. The molecule has 0 aromatic carbocycles. The largest absolute Gasteiger partial charge is 0.385 e. The summed E-state index contributed by atoms with van der Waals surface area (Å²) < 4.78 is 0. The van der Waals surface area contributed by atoms with Crippen LogP contribution in [0.2, 0.25) is 0 Å². The van der Waals surface area contributed by atoms with Gasteiger partial charge in [0.15, 0.2) is 5.78 Å². The zero-order valence-electron chi connectivity index (χ0n) is 13.6. The summed E-state index contributed by atoms with van der Waals surface area (Å²) >= 11 is 0. The van der Waals surface area contributed by atoms with Crippen LogP contribution in [0.3, 0.4) is 0 Å². The molecule has 0 radical (unpaired) electrons. The minimum atomic E-state index is -0.750. The van der Waals surface area contributed by atoms with E-state index in [9.17, 15) is 14.7 Å². The van der Waals surface area contributed by atoms with Crippen LogP contribution < -0.4 is 0 Å². The van der Waals surface area contributed by atoms with Crippen molar-refractivity contribution in [1.82, 2.24) is 0 Å². The number of fused-ring (bicyclic) bond motifs is 5. The van der Waals surface area contributed by atoms with Gasteiger partial charge in [-0.15, -0.1) is 0 Å². The van der Waals surface area contributed by atoms with Gasteiger partial charge in [0, 0.05) is 18.3 Å². The second-order valence-corrected chi connectivity index (χ2v) is 8.55. The Kier molecular flexibility index (Phi) is 3.01. The summed E-state index contributed by atoms with van der Waals surface area (Å²) in [6.45, 7) is 4.43. The number of aliphatic hydroxyl groups is 1. The molecule has 0 aromatic rings. The van der Waals surface area contributed by atoms with Crippen molar-refractivity contribution in [2.45, 2.75) is 64.9 Å². The summed E-state index contributed by atoms with van der Waals surface area (Å²) in [6.07, 6.45) is 7.49. The second kappa shape index (κ2) is 4.53. The van der Waals surface area contributed by atoms with Gasteiger partial charge < -0.3 is 5.11 Å². The van der Waals surface area contributed by atoms with Gasteiger partial charge in [0.2, 0.25) is 0 Å². The molecule has 1 unspecified atom stereocenters. The van der Waals surface area contributed by atoms with Crippen molar-refractivity contribution in [2.75, 3.05) is 0 Å². The van der Waals surface area contributed by atoms with Gasteiger partial charge in [0.1, 0.15) is 11.9 Å². The summed E-state index contributed by atoms with van der Waals surface area (Å²) in [7, 11) is 0. The third-order valence-electron chi connectivity index (χ3n) is 7.67. The standard InChI is InChI=1S/C19H26O3/c1-18-7-5-12(20)9-11(18)3-4-13-14(18)6-8-19(2)15(13)10-16(21)17(19)22/h3,13-16,21H,4-10H2,1-2H3/t13-,14+,15+,16?,18+,19+/m1/s1. The molecule has 1 N–H and O–H groups in total. The Morgan fingerprint density at radius 1 is 1.14 bits per heavy atom. The van der Waals surface area contributed by atoms with E-state index >= 15 is 0 Å². The topological polar surface area (TPSA) is 54.4 Å². The number of Topliss-reactive ketones (excluding diaryl/α,β-unsaturated/α-hetero) is 2. The van der Waals surface area contributed by atoms with Gasteiger partial charge in [-0.1, -0.05) is 25.5 Å². The van der Waals surface area contributed by atoms with Crippen LogP contribution in [0.25, 0.3) is 0 Å². The normalized spacial score (nSPS) is 51.0. The molecule has 0 heterocycles. The lowest BCUT2D eigenvalue weighted by atomic mass is 9.48. The van der Waals surface area contributed by atoms with E-state index in [-0.39, 0.29) is 16.6 Å². The zero-order valence-corrected chi connectivity index (χ0v) is 13.6. The smallest absolute Gasteiger partial charge is 0.167 e. The maximum atomic E-state index is 12.4. The lowest BCUT2D eigenvalue weighted by Gasteiger charge is -2.56. The fourth-order valence-corrected chi connectivity index (χ4v) is 6.27. The van der Waals surface area contributed by atoms with E-state index in [4.69, 9.17) is 0 Å². The minimum Gasteiger partial charge on any atom is -0.385 e. The van der Waals surface area contributed by atoms with E-state index in [1.807, 2.05) is 0 Å². The van der Waals surface area contributed by atoms with Crippen molar-refractivity contribution in [3.05, 3.63) is 11.6 Å². The molecule has 0 amide bonds. The monoisotopic (exact) mass is 302 g/mol. The van der Waals surface area contributed by atoms with Crippen LogP contribution in [0.15, 0.2) is 11.6 Å². The van der Waals surface area contributed by atoms with Crippen molar-refractivity contribution in [1.29, 1.82) is 0 Å². The van der Waals surface area contributed by atoms with Crippen molar-refractivity contribution >= 4 is 11.6 Å². The van der Waals surface area contributed by atoms with Crippen LogP contribution in [-0.2, 0) is 9.59 Å². The summed E-state index contributed by atoms with van der Waals surface area (Å²) in [5.41, 5.74) is 1.19. The van der Waals surface area contributed by atoms with E-state index in [0.29, 0.717) is 42.8 Å². The number of hydrogen-bond donors (Lipinski definition) is 1. The quantitative estimate of drug-likeness (QED) is 0.700. The molecule has 0 saturated heterocycles. The third-order valence-corrected chi connectivity index (χ3v) is 7.67. The van der Waals surface area contributed by atoms with Gasteiger partial charge in [-0.25, -0.2) is 0 Å². The van der Waals surface area contributed by atoms with Crippen molar-refractivity contribution < 1.29 is 14.7 Å². The molecule has 22 heavy (non-hydrogen) atoms. The SMILES string of the molecule is C[C@]12CCC(=O)CC1=CC[C@@H]1[C@@H]2CC[C@]2(C)C(=O)C(O)C[C@@H]12. The number of carbonyl (C=O) groups excluding carboxylic acids is 2. The molecule has 0 spiro atoms. The van der Waals surface area contributed by atoms with Gasteiger partial charge in [-0.2, -0.15) is 0 Å². The molecule has 6 atom stereocenters. The summed E-state index contributed by atoms with van der Waals surface area (Å²) in [4.78, 5) is 24.3. The summed E-state index contributed by atoms with van der Waals surface area (Å²) in [5.74, 6) is 1.86. The molecule has 4 aliphatic rings. The van der Waals surface area contributed by atoms with E-state index in [0.717, 1.165) is 25.7 Å². The molecule has 0 aromatic heterocycles. The maximum absolute atomic E-state index is 12.4. The summed E-state index contributed by atoms with van der Waals surface area (Å²) in [6, 6.07) is 0. The molecule has 0 bridgehead atoms. The highest BCUT2D eigenvalue weighted by Gasteiger charge is 2.60. The first-order valence-corrected chi connectivity index (χ1v) is 8.80. The lowest BCUT2D eigenvalue weighted by molar-refractivity contribution is -0.136. The highest BCUT2D eigenvalue weighted by Crippen LogP contribution is 2.63. The summed E-state index contributed by atoms with van der Waals surface area (Å²) in [5, 5.41) is 10.1. The second-order valence-electron chi connectivity index (χ2n) is 8.55. The fraction of sp³-hybridized carbons (Fsp3) is 0.789. The molecule has 3 fully saturated rings. The Morgan fingerprint density at radius 2 is 1.91 bits per heavy atom. The van der Waals surface area contributed by atoms with Crippen LogP contribution in [0.1, 0.15) is 58.8 Å². The number of ketones is 2. The molecule has 3 saturated carbocycles. The Hall–Kier alpha value is -0.960. The number of carbonyl (C=O) groups is 2. The number of rotatable bonds is 0. The first kappa shape index (κ1) is 14.6. The highest BCUT2D eigenvalue weighted by atomic mass is 16.3. The molecule has 0 aliphatic heterocycles. The van der Waals surface area contributed by atoms with E-state index in [2.05, 4.69) is 19.9 Å². The van der Waals surface area contributed by atoms with Crippen LogP contribution in [0.4, 0.5) is 0 Å². The predicted molar refractivity (Wildman–Crippen MR) is 83.1 cm³/mol. The molecular formula is C19H26O3. The Balaban J connectivity index is 1.71. The average molecular weight is 302 g/mol. The average Bonchev–Trinajstić information content (AvgIpc) is 2.72. The minimum absolute atomic E-state index is 0.0784. The van der Waals surface area contributed by atoms with Gasteiger partial charge in [0.05, 0.1) is 0 Å². The van der Waals surface area contributed by atoms with Gasteiger partial charge >= 0.3 is 0 Å². The first-order chi connectivity index (χ1) is 10.4. The molecule has 120 valence electrons. The first-order valence-electron chi connectivity index (χ1n) is 8.80. The van der Waals surface area contributed by atoms with E-state index < -0.39 is 6.10 Å². The van der Waals surface area contributed by atoms with Crippen LogP contribution in [0.5, 0.6) is 0 Å². The highest BCUT2D eigenvalue weighted by molar-refractivity contribution is 5.91. The third kappa shape index (κ3) is 1.72. The number of hydrogen-bond acceptors (Lipinski definition) is 3. The Bertz CT molecular complexity index is 577.